The zero-order valence-electron chi connectivity index (χ0n) is 19.2. The maximum atomic E-state index is 11.0. The van der Waals surface area contributed by atoms with E-state index in [4.69, 9.17) is 0 Å². The largest absolute Gasteiger partial charge is 1.00 e. The molecule has 0 spiro atoms. The third kappa shape index (κ3) is 26.8. The van der Waals surface area contributed by atoms with E-state index in [-0.39, 0.29) is 174 Å². The zero-order chi connectivity index (χ0) is 21.0. The van der Waals surface area contributed by atoms with Crippen LogP contribution >= 0.6 is 0 Å². The number of nitrogens with zero attached hydrogens (tertiary/aromatic N) is 2. The van der Waals surface area contributed by atoms with Crippen LogP contribution < -0.4 is 179 Å². The maximum absolute atomic E-state index is 11.0. The summed E-state index contributed by atoms with van der Waals surface area (Å²) in [6, 6.07) is -1.75. The second-order valence-electron chi connectivity index (χ2n) is 5.46. The fourth-order valence-corrected chi connectivity index (χ4v) is 2.19. The topological polar surface area (TPSA) is 219 Å². The van der Waals surface area contributed by atoms with Crippen LogP contribution in [0.25, 0.3) is 0 Å². The molecule has 0 aliphatic heterocycles. The van der Waals surface area contributed by atoms with Gasteiger partial charge in [0.25, 0.3) is 0 Å². The molecular weight excluding hydrogens is 485 g/mol. The van der Waals surface area contributed by atoms with Crippen LogP contribution in [0.4, 0.5) is 0 Å². The van der Waals surface area contributed by atoms with Gasteiger partial charge in [0.15, 0.2) is 0 Å². The quantitative estimate of drug-likeness (QED) is 0.153. The summed E-state index contributed by atoms with van der Waals surface area (Å²) in [5.41, 5.74) is 0. The first kappa shape index (κ1) is 47.4. The summed E-state index contributed by atoms with van der Waals surface area (Å²) in [6.45, 7) is -2.37. The fourth-order valence-electron chi connectivity index (χ4n) is 2.19. The number of hydrogen-bond acceptors (Lipinski definition) is 13. The van der Waals surface area contributed by atoms with E-state index in [0.717, 1.165) is 9.80 Å². The Hall–Kier alpha value is 2.23. The normalized spacial score (nSPS) is 10.2. The zero-order valence-corrected chi connectivity index (χ0v) is 29.2. The van der Waals surface area contributed by atoms with Gasteiger partial charge in [0.2, 0.25) is 0 Å². The first-order chi connectivity index (χ1) is 12.5. The van der Waals surface area contributed by atoms with Crippen molar-refractivity contribution in [3.05, 3.63) is 0 Å². The standard InChI is InChI=1S/C14H23N3O10.5Na/c18-10(19)5-9(14(26)27)17(8-13(24)25)4-2-15-1-3-16(6-11(20)21)7-12(22)23;;;;;/h9,15H,1-8H2,(H,18,19)(H,20,21)(H,22,23)(H,24,25)(H,26,27);;;;;/q;5*+1/p-5. The molecule has 18 heteroatoms. The van der Waals surface area contributed by atoms with Crippen molar-refractivity contribution in [3.8, 4) is 0 Å². The number of nitrogens with one attached hydrogen (secondary N) is 1. The van der Waals surface area contributed by atoms with Gasteiger partial charge in [0.1, 0.15) is 0 Å². The molecule has 0 amide bonds. The molecule has 0 heterocycles. The molecule has 0 aliphatic carbocycles. The van der Waals surface area contributed by atoms with Gasteiger partial charge in [0.05, 0.1) is 29.9 Å². The number of carboxylic acid groups (broad SMARTS) is 5. The summed E-state index contributed by atoms with van der Waals surface area (Å²) in [7, 11) is 0. The van der Waals surface area contributed by atoms with E-state index in [9.17, 15) is 49.5 Å². The Morgan fingerprint density at radius 1 is 0.625 bits per heavy atom. The van der Waals surface area contributed by atoms with Gasteiger partial charge < -0.3 is 54.8 Å². The summed E-state index contributed by atoms with van der Waals surface area (Å²) in [5, 5.41) is 56.1. The van der Waals surface area contributed by atoms with Gasteiger partial charge in [-0.3, -0.25) is 9.80 Å². The van der Waals surface area contributed by atoms with E-state index in [2.05, 4.69) is 5.32 Å². The average molecular weight is 503 g/mol. The molecule has 0 aliphatic rings. The predicted molar refractivity (Wildman–Crippen MR) is 74.3 cm³/mol. The average Bonchev–Trinajstić information content (AvgIpc) is 2.49. The van der Waals surface area contributed by atoms with Crippen LogP contribution in [0.3, 0.4) is 0 Å². The van der Waals surface area contributed by atoms with Crippen molar-refractivity contribution in [1.82, 2.24) is 15.1 Å². The number of hydrogen-bond donors (Lipinski definition) is 1. The van der Waals surface area contributed by atoms with Crippen LogP contribution in [0, 0.1) is 0 Å². The fraction of sp³-hybridized carbons (Fsp3) is 0.643. The van der Waals surface area contributed by atoms with Crippen molar-refractivity contribution in [2.75, 3.05) is 45.8 Å². The van der Waals surface area contributed by atoms with E-state index in [1.54, 1.807) is 0 Å². The maximum Gasteiger partial charge on any atom is 1.00 e. The van der Waals surface area contributed by atoms with Crippen molar-refractivity contribution in [2.24, 2.45) is 0 Å². The van der Waals surface area contributed by atoms with E-state index < -0.39 is 61.9 Å². The van der Waals surface area contributed by atoms with E-state index in [1.807, 2.05) is 0 Å². The van der Waals surface area contributed by atoms with Crippen molar-refractivity contribution < 1.29 is 197 Å². The molecule has 0 rings (SSSR count). The molecule has 1 atom stereocenters. The molecule has 32 heavy (non-hydrogen) atoms. The molecule has 0 saturated carbocycles. The van der Waals surface area contributed by atoms with Gasteiger partial charge in [0, 0.05) is 58.2 Å². The molecule has 0 saturated heterocycles. The minimum absolute atomic E-state index is 0. The first-order valence-corrected chi connectivity index (χ1v) is 7.70. The number of carbonyl (C=O) groups is 5. The number of carbonyl (C=O) groups excluding carboxylic acids is 5. The summed E-state index contributed by atoms with van der Waals surface area (Å²) in [5.74, 6) is -8.12. The Morgan fingerprint density at radius 3 is 1.38 bits per heavy atom. The molecule has 1 unspecified atom stereocenters. The Labute approximate surface area is 295 Å². The number of rotatable bonds is 16. The molecule has 0 aromatic heterocycles. The summed E-state index contributed by atoms with van der Waals surface area (Å²) in [4.78, 5) is 55.2. The molecule has 0 aromatic carbocycles. The molecule has 1 N–H and O–H groups in total. The molecule has 13 nitrogen and oxygen atoms in total. The van der Waals surface area contributed by atoms with Gasteiger partial charge in [-0.2, -0.15) is 0 Å². The SMILES string of the molecule is O=C([O-])CC(C(=O)[O-])N(CCNCCN(CC(=O)[O-])CC(=O)[O-])CC(=O)[O-].[Na+].[Na+].[Na+].[Na+].[Na+]. The molecule has 0 bridgehead atoms. The third-order valence-electron chi connectivity index (χ3n) is 3.29. The van der Waals surface area contributed by atoms with Gasteiger partial charge >= 0.3 is 148 Å². The van der Waals surface area contributed by atoms with E-state index in [1.165, 1.54) is 0 Å². The van der Waals surface area contributed by atoms with Crippen molar-refractivity contribution >= 4 is 29.8 Å². The summed E-state index contributed by atoms with van der Waals surface area (Å²) >= 11 is 0. The van der Waals surface area contributed by atoms with Gasteiger partial charge in [-0.25, -0.2) is 0 Å². The molecule has 0 fully saturated rings. The van der Waals surface area contributed by atoms with Crippen LogP contribution in [0.15, 0.2) is 0 Å². The van der Waals surface area contributed by atoms with Crippen LogP contribution in [-0.4, -0.2) is 91.5 Å². The minimum Gasteiger partial charge on any atom is -0.550 e. The number of carboxylic acids is 5. The monoisotopic (exact) mass is 503 g/mol. The predicted octanol–water partition coefficient (Wildman–Crippen LogP) is -24.3. The van der Waals surface area contributed by atoms with Crippen LogP contribution in [0.1, 0.15) is 6.42 Å². The van der Waals surface area contributed by atoms with Crippen LogP contribution in [-0.2, 0) is 24.0 Å². The Balaban J connectivity index is -0.000000338. The first-order valence-electron chi connectivity index (χ1n) is 7.70. The Kier molecular flexibility index (Phi) is 41.2. The third-order valence-corrected chi connectivity index (χ3v) is 3.29. The Bertz CT molecular complexity index is 557. The molecule has 0 aromatic rings. The van der Waals surface area contributed by atoms with Crippen molar-refractivity contribution in [2.45, 2.75) is 12.5 Å². The van der Waals surface area contributed by atoms with Gasteiger partial charge in [-0.1, -0.05) is 0 Å². The smallest absolute Gasteiger partial charge is 0.550 e. The van der Waals surface area contributed by atoms with Crippen molar-refractivity contribution in [3.63, 3.8) is 0 Å². The molecule has 0 radical (unpaired) electrons. The Morgan fingerprint density at radius 2 is 1.03 bits per heavy atom. The van der Waals surface area contributed by atoms with E-state index in [0.29, 0.717) is 0 Å². The second kappa shape index (κ2) is 27.8. The van der Waals surface area contributed by atoms with Crippen LogP contribution in [0.2, 0.25) is 0 Å². The summed E-state index contributed by atoms with van der Waals surface area (Å²) in [6.07, 6.45) is -0.986. The minimum atomic E-state index is -1.80. The number of aliphatic carboxylic acids is 5. The van der Waals surface area contributed by atoms with E-state index >= 15 is 0 Å². The van der Waals surface area contributed by atoms with Crippen molar-refractivity contribution in [1.29, 1.82) is 0 Å². The molecular formula is C14H18N3Na5O10. The van der Waals surface area contributed by atoms with Gasteiger partial charge in [-0.05, 0) is 0 Å². The molecule has 154 valence electrons. The summed E-state index contributed by atoms with van der Waals surface area (Å²) < 4.78 is 0. The second-order valence-corrected chi connectivity index (χ2v) is 5.46. The van der Waals surface area contributed by atoms with Gasteiger partial charge in [-0.15, -0.1) is 0 Å². The van der Waals surface area contributed by atoms with Crippen LogP contribution in [0.5, 0.6) is 0 Å².